The molecule has 0 atom stereocenters. The van der Waals surface area contributed by atoms with Crippen molar-refractivity contribution in [3.63, 3.8) is 0 Å². The molecule has 3 heterocycles. The van der Waals surface area contributed by atoms with E-state index in [1.165, 1.54) is 18.2 Å². The zero-order chi connectivity index (χ0) is 26.3. The Morgan fingerprint density at radius 3 is 2.41 bits per heavy atom. The van der Waals surface area contributed by atoms with Crippen molar-refractivity contribution in [3.05, 3.63) is 53.7 Å². The van der Waals surface area contributed by atoms with Gasteiger partial charge in [-0.25, -0.2) is 27.5 Å². The lowest BCUT2D eigenvalue weighted by atomic mass is 10.0. The third-order valence-electron chi connectivity index (χ3n) is 6.82. The van der Waals surface area contributed by atoms with Crippen LogP contribution in [0.5, 0.6) is 0 Å². The maximum Gasteiger partial charge on any atom is 0.228 e. The summed E-state index contributed by atoms with van der Waals surface area (Å²) in [6.45, 7) is 7.86. The number of aromatic nitrogens is 2. The lowest BCUT2D eigenvalue weighted by Crippen LogP contribution is -2.44. The van der Waals surface area contributed by atoms with Crippen LogP contribution < -0.4 is 25.3 Å². The highest BCUT2D eigenvalue weighted by Crippen LogP contribution is 2.40. The van der Waals surface area contributed by atoms with E-state index < -0.39 is 23.3 Å². The molecule has 0 amide bonds. The van der Waals surface area contributed by atoms with Crippen molar-refractivity contribution < 1.29 is 17.6 Å². The smallest absolute Gasteiger partial charge is 0.228 e. The van der Waals surface area contributed by atoms with E-state index in [1.807, 2.05) is 25.8 Å². The van der Waals surface area contributed by atoms with Crippen molar-refractivity contribution in [2.75, 3.05) is 66.3 Å². The number of hydrogen-bond acceptors (Lipinski definition) is 7. The van der Waals surface area contributed by atoms with E-state index in [2.05, 4.69) is 25.5 Å². The normalized spacial score (nSPS) is 15.8. The molecule has 2 aromatic carbocycles. The first-order chi connectivity index (χ1) is 17.7. The maximum atomic E-state index is 15.2. The minimum absolute atomic E-state index is 0.108. The molecule has 5 rings (SSSR count). The standard InChI is InChI=1S/C26H29F4N7/c1-15(2)37-11-10-35(3)25-17(27)12-16(13-21(25)37)24-18(28)14-32-26(34-24)33-19-4-5-20(23(30)22(19)29)36-8-6-31-7-9-36/h4-5,12-15,31H,6-11H2,1-3H3,(H,32,33,34). The molecule has 7 nitrogen and oxygen atoms in total. The van der Waals surface area contributed by atoms with Crippen molar-refractivity contribution in [1.82, 2.24) is 15.3 Å². The van der Waals surface area contributed by atoms with Gasteiger partial charge in [-0.1, -0.05) is 0 Å². The van der Waals surface area contributed by atoms with Gasteiger partial charge in [0.15, 0.2) is 17.5 Å². The van der Waals surface area contributed by atoms with Gasteiger partial charge in [-0.3, -0.25) is 0 Å². The van der Waals surface area contributed by atoms with Crippen LogP contribution in [0, 0.1) is 23.3 Å². The molecule has 1 saturated heterocycles. The highest BCUT2D eigenvalue weighted by atomic mass is 19.2. The van der Waals surface area contributed by atoms with Gasteiger partial charge in [0.05, 0.1) is 28.9 Å². The number of nitrogens with one attached hydrogen (secondary N) is 2. The first-order valence-corrected chi connectivity index (χ1v) is 12.3. The van der Waals surface area contributed by atoms with Gasteiger partial charge in [0.25, 0.3) is 0 Å². The molecule has 2 aliphatic rings. The second-order valence-electron chi connectivity index (χ2n) is 9.55. The van der Waals surface area contributed by atoms with Crippen molar-refractivity contribution in [2.24, 2.45) is 0 Å². The van der Waals surface area contributed by atoms with E-state index in [9.17, 15) is 13.2 Å². The Morgan fingerprint density at radius 1 is 0.919 bits per heavy atom. The van der Waals surface area contributed by atoms with Crippen LogP contribution in [0.25, 0.3) is 11.3 Å². The Hall–Kier alpha value is -3.60. The summed E-state index contributed by atoms with van der Waals surface area (Å²) in [4.78, 5) is 13.7. The summed E-state index contributed by atoms with van der Waals surface area (Å²) in [5.41, 5.74) is 1.16. The van der Waals surface area contributed by atoms with Gasteiger partial charge in [-0.15, -0.1) is 0 Å². The fourth-order valence-electron chi connectivity index (χ4n) is 4.88. The molecule has 196 valence electrons. The van der Waals surface area contributed by atoms with Gasteiger partial charge in [-0.05, 0) is 38.1 Å². The van der Waals surface area contributed by atoms with Crippen molar-refractivity contribution in [3.8, 4) is 11.3 Å². The van der Waals surface area contributed by atoms with E-state index in [-0.39, 0.29) is 34.6 Å². The largest absolute Gasteiger partial charge is 0.369 e. The van der Waals surface area contributed by atoms with E-state index in [1.54, 1.807) is 11.0 Å². The van der Waals surface area contributed by atoms with Crippen LogP contribution in [0.3, 0.4) is 0 Å². The number of benzene rings is 2. The Balaban J connectivity index is 1.48. The topological polar surface area (TPSA) is 59.6 Å². The molecule has 0 spiro atoms. The average molecular weight is 516 g/mol. The lowest BCUT2D eigenvalue weighted by Gasteiger charge is -2.39. The molecular weight excluding hydrogens is 486 g/mol. The molecule has 0 saturated carbocycles. The molecule has 2 aliphatic heterocycles. The van der Waals surface area contributed by atoms with Crippen LogP contribution in [0.1, 0.15) is 13.8 Å². The van der Waals surface area contributed by atoms with E-state index in [0.29, 0.717) is 50.6 Å². The summed E-state index contributed by atoms with van der Waals surface area (Å²) in [6, 6.07) is 5.93. The number of rotatable bonds is 5. The van der Waals surface area contributed by atoms with Crippen LogP contribution in [0.2, 0.25) is 0 Å². The fraction of sp³-hybridized carbons (Fsp3) is 0.385. The number of hydrogen-bond donors (Lipinski definition) is 2. The number of nitrogens with zero attached hydrogens (tertiary/aromatic N) is 5. The maximum absolute atomic E-state index is 15.2. The van der Waals surface area contributed by atoms with Gasteiger partial charge in [-0.2, -0.15) is 0 Å². The van der Waals surface area contributed by atoms with Crippen molar-refractivity contribution >= 4 is 28.7 Å². The van der Waals surface area contributed by atoms with Crippen LogP contribution in [0.15, 0.2) is 30.5 Å². The Morgan fingerprint density at radius 2 is 1.68 bits per heavy atom. The predicted molar refractivity (Wildman–Crippen MR) is 138 cm³/mol. The molecule has 3 aromatic rings. The summed E-state index contributed by atoms with van der Waals surface area (Å²) in [7, 11) is 1.81. The number of fused-ring (bicyclic) bond motifs is 1. The first-order valence-electron chi connectivity index (χ1n) is 12.3. The van der Waals surface area contributed by atoms with Gasteiger partial charge in [0, 0.05) is 57.9 Å². The molecular formula is C26H29F4N7. The van der Waals surface area contributed by atoms with Crippen LogP contribution >= 0.6 is 0 Å². The molecule has 2 N–H and O–H groups in total. The SMILES string of the molecule is CC(C)N1CCN(C)c2c(F)cc(-c3nc(Nc4ccc(N5CCNCC5)c(F)c4F)ncc3F)cc21. The molecule has 0 aliphatic carbocycles. The van der Waals surface area contributed by atoms with E-state index in [0.717, 1.165) is 6.20 Å². The third kappa shape index (κ3) is 4.75. The number of anilines is 5. The Kier molecular flexibility index (Phi) is 6.80. The highest BCUT2D eigenvalue weighted by Gasteiger charge is 2.27. The number of likely N-dealkylation sites (N-methyl/N-ethyl adjacent to an activating group) is 1. The summed E-state index contributed by atoms with van der Waals surface area (Å²) in [6.07, 6.45) is 0.928. The van der Waals surface area contributed by atoms with Crippen molar-refractivity contribution in [2.45, 2.75) is 19.9 Å². The third-order valence-corrected chi connectivity index (χ3v) is 6.82. The quantitative estimate of drug-likeness (QED) is 0.485. The molecule has 0 unspecified atom stereocenters. The lowest BCUT2D eigenvalue weighted by molar-refractivity contribution is 0.502. The predicted octanol–water partition coefficient (Wildman–Crippen LogP) is 4.52. The second kappa shape index (κ2) is 10.0. The summed E-state index contributed by atoms with van der Waals surface area (Å²) >= 11 is 0. The Bertz CT molecular complexity index is 1310. The first kappa shape index (κ1) is 25.1. The van der Waals surface area contributed by atoms with Gasteiger partial charge in [0.1, 0.15) is 11.5 Å². The fourth-order valence-corrected chi connectivity index (χ4v) is 4.88. The Labute approximate surface area is 213 Å². The molecule has 0 radical (unpaired) electrons. The molecule has 1 aromatic heterocycles. The monoisotopic (exact) mass is 515 g/mol. The summed E-state index contributed by atoms with van der Waals surface area (Å²) < 4.78 is 59.9. The van der Waals surface area contributed by atoms with Gasteiger partial charge < -0.3 is 25.3 Å². The van der Waals surface area contributed by atoms with Crippen LogP contribution in [-0.4, -0.2) is 62.3 Å². The van der Waals surface area contributed by atoms with Crippen LogP contribution in [-0.2, 0) is 0 Å². The minimum atomic E-state index is -1.08. The highest BCUT2D eigenvalue weighted by molar-refractivity contribution is 5.80. The average Bonchev–Trinajstić information content (AvgIpc) is 2.88. The van der Waals surface area contributed by atoms with E-state index >= 15 is 4.39 Å². The summed E-state index contributed by atoms with van der Waals surface area (Å²) in [5.74, 6) is -3.46. The zero-order valence-corrected chi connectivity index (χ0v) is 21.0. The molecule has 1 fully saturated rings. The van der Waals surface area contributed by atoms with Crippen molar-refractivity contribution in [1.29, 1.82) is 0 Å². The second-order valence-corrected chi connectivity index (χ2v) is 9.55. The summed E-state index contributed by atoms with van der Waals surface area (Å²) in [5, 5.41) is 5.81. The molecule has 0 bridgehead atoms. The zero-order valence-electron chi connectivity index (χ0n) is 21.0. The number of halogens is 4. The van der Waals surface area contributed by atoms with E-state index in [4.69, 9.17) is 0 Å². The molecule has 11 heteroatoms. The molecule has 37 heavy (non-hydrogen) atoms. The van der Waals surface area contributed by atoms with Crippen LogP contribution in [0.4, 0.5) is 46.3 Å². The van der Waals surface area contributed by atoms with Gasteiger partial charge in [0.2, 0.25) is 5.95 Å². The number of piperazine rings is 1. The minimum Gasteiger partial charge on any atom is -0.369 e. The van der Waals surface area contributed by atoms with Gasteiger partial charge >= 0.3 is 0 Å².